The van der Waals surface area contributed by atoms with Crippen molar-refractivity contribution in [2.75, 3.05) is 18.8 Å². The molecule has 0 spiro atoms. The minimum atomic E-state index is -3.40. The van der Waals surface area contributed by atoms with Gasteiger partial charge in [0.05, 0.1) is 11.0 Å². The molecule has 1 fully saturated rings. The van der Waals surface area contributed by atoms with Crippen LogP contribution in [-0.2, 0) is 9.84 Å². The summed E-state index contributed by atoms with van der Waals surface area (Å²) in [5.41, 5.74) is 0.586. The number of halogens is 1. The summed E-state index contributed by atoms with van der Waals surface area (Å²) in [6, 6.07) is 6.92. The van der Waals surface area contributed by atoms with E-state index in [1.54, 1.807) is 24.3 Å². The third kappa shape index (κ3) is 3.23. The molecule has 1 amide bonds. The quantitative estimate of drug-likeness (QED) is 0.880. The largest absolute Gasteiger partial charge is 0.335 e. The third-order valence-electron chi connectivity index (χ3n) is 3.90. The van der Waals surface area contributed by atoms with Crippen LogP contribution in [0.5, 0.6) is 0 Å². The number of hydrogen-bond acceptors (Lipinski definition) is 5. The Hall–Kier alpha value is -1.93. The average molecular weight is 355 g/mol. The van der Waals surface area contributed by atoms with Crippen molar-refractivity contribution in [3.8, 4) is 0 Å². The molecule has 1 N–H and O–H groups in total. The zero-order valence-corrected chi connectivity index (χ0v) is 13.7. The van der Waals surface area contributed by atoms with Crippen molar-refractivity contribution >= 4 is 27.3 Å². The number of nitrogens with zero attached hydrogens (tertiary/aromatic N) is 3. The Morgan fingerprint density at radius 3 is 2.78 bits per heavy atom. The highest BCUT2D eigenvalue weighted by Gasteiger charge is 2.34. The minimum Gasteiger partial charge on any atom is -0.335 e. The fourth-order valence-corrected chi connectivity index (χ4v) is 4.84. The molecule has 1 aromatic heterocycles. The molecular weight excluding hydrogens is 340 g/mol. The van der Waals surface area contributed by atoms with Crippen LogP contribution in [0.1, 0.15) is 27.9 Å². The van der Waals surface area contributed by atoms with Crippen molar-refractivity contribution in [1.82, 2.24) is 20.1 Å². The Morgan fingerprint density at radius 2 is 2.09 bits per heavy atom. The Labute approximate surface area is 138 Å². The van der Waals surface area contributed by atoms with Gasteiger partial charge in [0.25, 0.3) is 5.91 Å². The van der Waals surface area contributed by atoms with Crippen LogP contribution in [0.2, 0.25) is 5.02 Å². The molecule has 0 saturated carbocycles. The summed E-state index contributed by atoms with van der Waals surface area (Å²) in [7, 11) is -3.40. The van der Waals surface area contributed by atoms with Crippen molar-refractivity contribution < 1.29 is 13.2 Å². The molecule has 0 radical (unpaired) electrons. The summed E-state index contributed by atoms with van der Waals surface area (Å²) < 4.78 is 25.2. The minimum absolute atomic E-state index is 0.108. The van der Waals surface area contributed by atoms with E-state index in [-0.39, 0.29) is 24.0 Å². The van der Waals surface area contributed by atoms with Gasteiger partial charge in [-0.05, 0) is 18.1 Å². The molecule has 23 heavy (non-hydrogen) atoms. The highest BCUT2D eigenvalue weighted by Crippen LogP contribution is 2.33. The molecule has 1 unspecified atom stereocenters. The van der Waals surface area contributed by atoms with Gasteiger partial charge in [-0.15, -0.1) is 0 Å². The number of H-pyrrole nitrogens is 1. The highest BCUT2D eigenvalue weighted by molar-refractivity contribution is 7.91. The van der Waals surface area contributed by atoms with E-state index in [9.17, 15) is 13.2 Å². The van der Waals surface area contributed by atoms with Crippen LogP contribution in [0.4, 0.5) is 0 Å². The third-order valence-corrected chi connectivity index (χ3v) is 6.35. The Kier molecular flexibility index (Phi) is 4.36. The van der Waals surface area contributed by atoms with E-state index in [4.69, 9.17) is 11.6 Å². The molecule has 1 aromatic carbocycles. The van der Waals surface area contributed by atoms with Crippen LogP contribution in [0.3, 0.4) is 0 Å². The van der Waals surface area contributed by atoms with Gasteiger partial charge in [0.1, 0.15) is 6.33 Å². The number of aromatic amines is 1. The molecule has 0 bridgehead atoms. The molecule has 122 valence electrons. The van der Waals surface area contributed by atoms with Gasteiger partial charge in [-0.1, -0.05) is 29.8 Å². The molecule has 9 heteroatoms. The lowest BCUT2D eigenvalue weighted by atomic mass is 10.1. The van der Waals surface area contributed by atoms with Gasteiger partial charge in [-0.2, -0.15) is 5.10 Å². The molecule has 7 nitrogen and oxygen atoms in total. The van der Waals surface area contributed by atoms with Crippen LogP contribution in [0.15, 0.2) is 30.6 Å². The van der Waals surface area contributed by atoms with E-state index in [2.05, 4.69) is 15.2 Å². The number of nitrogens with one attached hydrogen (secondary N) is 1. The zero-order chi connectivity index (χ0) is 16.4. The predicted molar refractivity (Wildman–Crippen MR) is 84.9 cm³/mol. The molecule has 1 saturated heterocycles. The zero-order valence-electron chi connectivity index (χ0n) is 12.1. The second kappa shape index (κ2) is 6.29. The summed E-state index contributed by atoms with van der Waals surface area (Å²) in [4.78, 5) is 17.6. The molecule has 0 aliphatic carbocycles. The first kappa shape index (κ1) is 15.9. The lowest BCUT2D eigenvalue weighted by Crippen LogP contribution is -2.34. The average Bonchev–Trinajstić information content (AvgIpc) is 3.00. The number of hydrogen-bond donors (Lipinski definition) is 1. The van der Waals surface area contributed by atoms with E-state index in [1.165, 1.54) is 11.2 Å². The number of sulfone groups is 1. The first-order chi connectivity index (χ1) is 11.0. The van der Waals surface area contributed by atoms with Gasteiger partial charge in [0, 0.05) is 18.1 Å². The van der Waals surface area contributed by atoms with Gasteiger partial charge < -0.3 is 4.90 Å². The van der Waals surface area contributed by atoms with Crippen molar-refractivity contribution in [2.45, 2.75) is 11.7 Å². The molecule has 1 aliphatic rings. The van der Waals surface area contributed by atoms with Crippen LogP contribution >= 0.6 is 11.6 Å². The molecule has 1 aliphatic heterocycles. The Morgan fingerprint density at radius 1 is 1.30 bits per heavy atom. The van der Waals surface area contributed by atoms with E-state index in [1.807, 2.05) is 0 Å². The summed E-state index contributed by atoms with van der Waals surface area (Å²) in [5.74, 6) is -0.348. The van der Waals surface area contributed by atoms with Gasteiger partial charge in [0.2, 0.25) is 5.82 Å². The fourth-order valence-electron chi connectivity index (χ4n) is 2.69. The second-order valence-electron chi connectivity index (χ2n) is 5.29. The van der Waals surface area contributed by atoms with Gasteiger partial charge >= 0.3 is 0 Å². The van der Waals surface area contributed by atoms with Crippen molar-refractivity contribution in [1.29, 1.82) is 0 Å². The molecule has 2 aromatic rings. The van der Waals surface area contributed by atoms with Crippen molar-refractivity contribution in [3.63, 3.8) is 0 Å². The van der Waals surface area contributed by atoms with E-state index in [0.717, 1.165) is 0 Å². The van der Waals surface area contributed by atoms with E-state index in [0.29, 0.717) is 23.6 Å². The first-order valence-corrected chi connectivity index (χ1v) is 9.19. The normalized spacial score (nSPS) is 20.9. The molecular formula is C14H15ClN4O3S. The molecule has 3 rings (SSSR count). The van der Waals surface area contributed by atoms with Gasteiger partial charge in [-0.3, -0.25) is 9.89 Å². The van der Waals surface area contributed by atoms with Gasteiger partial charge in [0.15, 0.2) is 9.84 Å². The second-order valence-corrected chi connectivity index (χ2v) is 8.00. The first-order valence-electron chi connectivity index (χ1n) is 7.09. The summed E-state index contributed by atoms with van der Waals surface area (Å²) >= 11 is 6.15. The number of aromatic nitrogens is 3. The highest BCUT2D eigenvalue weighted by atomic mass is 35.5. The number of carbonyl (C=O) groups is 1. The number of amides is 1. The van der Waals surface area contributed by atoms with Crippen molar-refractivity contribution in [3.05, 3.63) is 47.0 Å². The van der Waals surface area contributed by atoms with Gasteiger partial charge in [-0.25, -0.2) is 13.4 Å². The lowest BCUT2D eigenvalue weighted by molar-refractivity contribution is 0.0755. The van der Waals surface area contributed by atoms with E-state index < -0.39 is 15.1 Å². The standard InChI is InChI=1S/C14H15ClN4O3S/c15-11-4-2-1-3-10(11)12-5-6-19(7-8-23(12,21)22)14(20)13-16-9-17-18-13/h1-4,9,12H,5-8H2,(H,16,17,18). The topological polar surface area (TPSA) is 96.0 Å². The smallest absolute Gasteiger partial charge is 0.291 e. The van der Waals surface area contributed by atoms with Crippen LogP contribution in [0, 0.1) is 0 Å². The number of carbonyl (C=O) groups excluding carboxylic acids is 1. The summed E-state index contributed by atoms with van der Waals surface area (Å²) in [6.45, 7) is 0.442. The Bertz CT molecular complexity index is 807. The van der Waals surface area contributed by atoms with E-state index >= 15 is 0 Å². The number of benzene rings is 1. The monoisotopic (exact) mass is 354 g/mol. The molecule has 2 heterocycles. The van der Waals surface area contributed by atoms with Crippen molar-refractivity contribution in [2.24, 2.45) is 0 Å². The van der Waals surface area contributed by atoms with Crippen LogP contribution < -0.4 is 0 Å². The Balaban J connectivity index is 1.86. The lowest BCUT2D eigenvalue weighted by Gasteiger charge is -2.18. The maximum atomic E-state index is 12.6. The predicted octanol–water partition coefficient (Wildman–Crippen LogP) is 1.46. The fraction of sp³-hybridized carbons (Fsp3) is 0.357. The maximum Gasteiger partial charge on any atom is 0.291 e. The maximum absolute atomic E-state index is 12.6. The number of rotatable bonds is 2. The summed E-state index contributed by atoms with van der Waals surface area (Å²) in [5, 5.41) is 5.87. The SMILES string of the molecule is O=C(c1ncn[nH]1)N1CCC(c2ccccc2Cl)S(=O)(=O)CC1. The van der Waals surface area contributed by atoms with Crippen LogP contribution in [-0.4, -0.2) is 53.2 Å². The van der Waals surface area contributed by atoms with Crippen LogP contribution in [0.25, 0.3) is 0 Å². The summed E-state index contributed by atoms with van der Waals surface area (Å²) in [6.07, 6.45) is 1.54. The molecule has 1 atom stereocenters.